The van der Waals surface area contributed by atoms with E-state index in [0.29, 0.717) is 5.02 Å². The molecule has 18 heavy (non-hydrogen) atoms. The van der Waals surface area contributed by atoms with Crippen LogP contribution in [-0.4, -0.2) is 10.1 Å². The number of thiocarbonyl (C=S) groups is 1. The summed E-state index contributed by atoms with van der Waals surface area (Å²) in [4.78, 5) is 0.240. The third-order valence-electron chi connectivity index (χ3n) is 2.66. The van der Waals surface area contributed by atoms with Gasteiger partial charge in [0, 0.05) is 16.6 Å². The van der Waals surface area contributed by atoms with Crippen molar-refractivity contribution in [1.82, 2.24) is 0 Å². The normalized spacial score (nSPS) is 15.6. The van der Waals surface area contributed by atoms with Gasteiger partial charge >= 0.3 is 0 Å². The Kier molecular flexibility index (Phi) is 3.85. The molecule has 0 heterocycles. The highest BCUT2D eigenvalue weighted by Gasteiger charge is 2.29. The molecule has 0 amide bonds. The smallest absolute Gasteiger partial charge is 0.125 e. The summed E-state index contributed by atoms with van der Waals surface area (Å²) in [6, 6.07) is 8.93. The molecule has 5 heteroatoms. The van der Waals surface area contributed by atoms with Crippen LogP contribution >= 0.6 is 23.8 Å². The maximum absolute atomic E-state index is 9.85. The molecule has 0 saturated heterocycles. The Labute approximate surface area is 116 Å². The minimum absolute atomic E-state index is 0.101. The molecular weight excluding hydrogens is 268 g/mol. The molecule has 0 unspecified atom stereocenters. The van der Waals surface area contributed by atoms with Crippen molar-refractivity contribution in [2.75, 3.05) is 5.32 Å². The minimum atomic E-state index is 0.101. The number of aliphatic hydroxyl groups excluding tert-OH is 1. The van der Waals surface area contributed by atoms with Crippen molar-refractivity contribution in [3.05, 3.63) is 40.6 Å². The summed E-state index contributed by atoms with van der Waals surface area (Å²) in [6.45, 7) is 0. The van der Waals surface area contributed by atoms with Gasteiger partial charge < -0.3 is 10.4 Å². The lowest BCUT2D eigenvalue weighted by atomic mass is 10.2. The van der Waals surface area contributed by atoms with Gasteiger partial charge in [-0.3, -0.25) is 0 Å². The molecule has 1 saturated carbocycles. The maximum atomic E-state index is 9.85. The zero-order valence-electron chi connectivity index (χ0n) is 9.48. The van der Waals surface area contributed by atoms with E-state index < -0.39 is 0 Å². The number of hydrogen-bond donors (Lipinski definition) is 2. The van der Waals surface area contributed by atoms with Gasteiger partial charge in [-0.2, -0.15) is 5.26 Å². The van der Waals surface area contributed by atoms with E-state index in [-0.39, 0.29) is 22.2 Å². The maximum Gasteiger partial charge on any atom is 0.125 e. The van der Waals surface area contributed by atoms with Gasteiger partial charge in [0.2, 0.25) is 0 Å². The average Bonchev–Trinajstić information content (AvgIpc) is 3.17. The number of aliphatic hydroxyl groups is 1. The first-order valence-corrected chi connectivity index (χ1v) is 6.30. The largest absolute Gasteiger partial charge is 0.511 e. The van der Waals surface area contributed by atoms with Crippen LogP contribution in [0.5, 0.6) is 0 Å². The van der Waals surface area contributed by atoms with Gasteiger partial charge in [-0.15, -0.1) is 0 Å². The fraction of sp³-hybridized carbons (Fsp3) is 0.231. The van der Waals surface area contributed by atoms with Crippen molar-refractivity contribution >= 4 is 34.5 Å². The Morgan fingerprint density at radius 3 is 2.50 bits per heavy atom. The van der Waals surface area contributed by atoms with E-state index in [0.717, 1.165) is 18.5 Å². The Bertz CT molecular complexity index is 541. The van der Waals surface area contributed by atoms with Crippen molar-refractivity contribution in [2.24, 2.45) is 5.92 Å². The fourth-order valence-corrected chi connectivity index (χ4v) is 1.91. The van der Waals surface area contributed by atoms with Crippen LogP contribution in [0.4, 0.5) is 5.69 Å². The van der Waals surface area contributed by atoms with Gasteiger partial charge in [-0.25, -0.2) is 0 Å². The van der Waals surface area contributed by atoms with Crippen LogP contribution in [0.25, 0.3) is 0 Å². The monoisotopic (exact) mass is 278 g/mol. The molecule has 2 rings (SSSR count). The second-order valence-corrected chi connectivity index (χ2v) is 4.95. The Balaban J connectivity index is 2.14. The molecule has 1 aliphatic rings. The summed E-state index contributed by atoms with van der Waals surface area (Å²) in [7, 11) is 0. The van der Waals surface area contributed by atoms with Gasteiger partial charge in [-0.05, 0) is 37.1 Å². The molecule has 0 bridgehead atoms. The average molecular weight is 279 g/mol. The van der Waals surface area contributed by atoms with Gasteiger partial charge in [0.15, 0.2) is 0 Å². The van der Waals surface area contributed by atoms with E-state index in [1.807, 2.05) is 6.07 Å². The number of nitrogens with one attached hydrogen (secondary N) is 1. The van der Waals surface area contributed by atoms with E-state index in [1.165, 1.54) is 0 Å². The van der Waals surface area contributed by atoms with E-state index in [2.05, 4.69) is 5.32 Å². The number of hydrogen-bond acceptors (Lipinski definition) is 3. The van der Waals surface area contributed by atoms with Gasteiger partial charge in [-0.1, -0.05) is 23.8 Å². The minimum Gasteiger partial charge on any atom is -0.511 e. The van der Waals surface area contributed by atoms with Gasteiger partial charge in [0.25, 0.3) is 0 Å². The highest BCUT2D eigenvalue weighted by molar-refractivity contribution is 7.81. The summed E-state index contributed by atoms with van der Waals surface area (Å²) >= 11 is 10.9. The van der Waals surface area contributed by atoms with Crippen molar-refractivity contribution in [3.8, 4) is 6.07 Å². The van der Waals surface area contributed by atoms with Crippen molar-refractivity contribution in [1.29, 1.82) is 5.26 Å². The summed E-state index contributed by atoms with van der Waals surface area (Å²) < 4.78 is 0. The van der Waals surface area contributed by atoms with Crippen LogP contribution in [0.1, 0.15) is 12.8 Å². The Morgan fingerprint density at radius 2 is 2.00 bits per heavy atom. The molecule has 0 atom stereocenters. The fourth-order valence-electron chi connectivity index (χ4n) is 1.51. The lowest BCUT2D eigenvalue weighted by Gasteiger charge is -2.08. The quantitative estimate of drug-likeness (QED) is 0.382. The molecule has 0 aromatic heterocycles. The van der Waals surface area contributed by atoms with Crippen LogP contribution < -0.4 is 5.32 Å². The van der Waals surface area contributed by atoms with Crippen LogP contribution in [-0.2, 0) is 0 Å². The van der Waals surface area contributed by atoms with Gasteiger partial charge in [0.05, 0.1) is 0 Å². The number of allylic oxidation sites excluding steroid dienone is 1. The molecule has 0 spiro atoms. The third kappa shape index (κ3) is 3.00. The number of anilines is 1. The summed E-state index contributed by atoms with van der Waals surface area (Å²) in [5, 5.41) is 22.4. The lowest BCUT2D eigenvalue weighted by Crippen LogP contribution is -2.13. The van der Waals surface area contributed by atoms with Crippen LogP contribution in [0.3, 0.4) is 0 Å². The molecule has 1 aromatic rings. The second kappa shape index (κ2) is 5.38. The lowest BCUT2D eigenvalue weighted by molar-refractivity contribution is 0.377. The molecule has 0 aliphatic heterocycles. The predicted molar refractivity (Wildman–Crippen MR) is 75.7 cm³/mol. The Hall–Kier alpha value is -1.57. The predicted octanol–water partition coefficient (Wildman–Crippen LogP) is 3.82. The van der Waals surface area contributed by atoms with Crippen molar-refractivity contribution < 1.29 is 5.11 Å². The summed E-state index contributed by atoms with van der Waals surface area (Å²) in [5.74, 6) is 0.202. The standard InChI is InChI=1S/C13H11ClN2OS/c14-9-3-5-10(6-4-9)16-13(18)11(7-15)12(17)8-1-2-8/h3-6,8,17H,1-2H2,(H,16,18). The van der Waals surface area contributed by atoms with E-state index in [9.17, 15) is 5.11 Å². The van der Waals surface area contributed by atoms with Crippen molar-refractivity contribution in [2.45, 2.75) is 12.8 Å². The first kappa shape index (κ1) is 12.9. The number of rotatable bonds is 3. The van der Waals surface area contributed by atoms with Crippen LogP contribution in [0.2, 0.25) is 5.02 Å². The van der Waals surface area contributed by atoms with Crippen LogP contribution in [0, 0.1) is 17.2 Å². The highest BCUT2D eigenvalue weighted by atomic mass is 35.5. The zero-order valence-corrected chi connectivity index (χ0v) is 11.1. The van der Waals surface area contributed by atoms with E-state index >= 15 is 0 Å². The number of benzene rings is 1. The number of nitriles is 1. The number of halogens is 1. The molecule has 1 fully saturated rings. The SMILES string of the molecule is N#CC(C(=S)Nc1ccc(Cl)cc1)=C(O)C1CC1. The van der Waals surface area contributed by atoms with Gasteiger partial charge in [0.1, 0.15) is 22.4 Å². The van der Waals surface area contributed by atoms with Crippen molar-refractivity contribution in [3.63, 3.8) is 0 Å². The summed E-state index contributed by atoms with van der Waals surface area (Å²) in [5.41, 5.74) is 0.892. The first-order valence-electron chi connectivity index (χ1n) is 5.52. The molecule has 92 valence electrons. The molecule has 1 aliphatic carbocycles. The van der Waals surface area contributed by atoms with Crippen LogP contribution in [0.15, 0.2) is 35.6 Å². The molecule has 0 radical (unpaired) electrons. The topological polar surface area (TPSA) is 56.0 Å². The molecule has 2 N–H and O–H groups in total. The van der Waals surface area contributed by atoms with E-state index in [4.69, 9.17) is 29.1 Å². The molecule has 1 aromatic carbocycles. The highest BCUT2D eigenvalue weighted by Crippen LogP contribution is 2.36. The second-order valence-electron chi connectivity index (χ2n) is 4.11. The molecular formula is C13H11ClN2OS. The summed E-state index contributed by atoms with van der Waals surface area (Å²) in [6.07, 6.45) is 1.83. The third-order valence-corrected chi connectivity index (χ3v) is 3.22. The Morgan fingerprint density at radius 1 is 1.39 bits per heavy atom. The zero-order chi connectivity index (χ0) is 13.1. The molecule has 3 nitrogen and oxygen atoms in total. The van der Waals surface area contributed by atoms with E-state index in [1.54, 1.807) is 24.3 Å². The first-order chi connectivity index (χ1) is 8.61. The number of nitrogens with zero attached hydrogens (tertiary/aromatic N) is 1.